The van der Waals surface area contributed by atoms with Gasteiger partial charge in [-0.2, -0.15) is 0 Å². The summed E-state index contributed by atoms with van der Waals surface area (Å²) in [5, 5.41) is 22.1. The molecule has 0 unspecified atom stereocenters. The van der Waals surface area contributed by atoms with E-state index in [2.05, 4.69) is 30.5 Å². The number of aliphatic hydroxyl groups is 1. The molecule has 9 heteroatoms. The Labute approximate surface area is 159 Å². The lowest BCUT2D eigenvalue weighted by atomic mass is 10.2. The second kappa shape index (κ2) is 7.77. The zero-order valence-electron chi connectivity index (χ0n) is 16.0. The second-order valence-corrected chi connectivity index (χ2v) is 7.83. The smallest absolute Gasteiger partial charge is 0.134 e. The minimum atomic E-state index is -0.339. The van der Waals surface area contributed by atoms with Crippen molar-refractivity contribution >= 4 is 11.6 Å². The maximum Gasteiger partial charge on any atom is 0.134 e. The first-order chi connectivity index (χ1) is 13.1. The SMILES string of the molecule is CN(C)c1cc(N2C[C@H](O)C[C@@H]2CNCc2cn(CC3CC3)nn2)ncn1. The van der Waals surface area contributed by atoms with E-state index in [1.54, 1.807) is 6.33 Å². The first kappa shape index (κ1) is 18.1. The Morgan fingerprint density at radius 2 is 2.15 bits per heavy atom. The molecule has 1 saturated heterocycles. The van der Waals surface area contributed by atoms with Crippen molar-refractivity contribution in [2.75, 3.05) is 37.0 Å². The van der Waals surface area contributed by atoms with Crippen molar-refractivity contribution in [3.05, 3.63) is 24.3 Å². The van der Waals surface area contributed by atoms with Crippen molar-refractivity contribution in [3.8, 4) is 0 Å². The molecule has 0 amide bonds. The van der Waals surface area contributed by atoms with E-state index >= 15 is 0 Å². The van der Waals surface area contributed by atoms with Crippen LogP contribution in [0.1, 0.15) is 25.0 Å². The summed E-state index contributed by atoms with van der Waals surface area (Å²) < 4.78 is 1.95. The van der Waals surface area contributed by atoms with Crippen LogP contribution in [0.25, 0.3) is 0 Å². The molecule has 2 atom stereocenters. The minimum absolute atomic E-state index is 0.187. The monoisotopic (exact) mass is 372 g/mol. The zero-order valence-corrected chi connectivity index (χ0v) is 16.0. The number of aromatic nitrogens is 5. The maximum absolute atomic E-state index is 10.2. The van der Waals surface area contributed by atoms with Crippen LogP contribution in [0.2, 0.25) is 0 Å². The van der Waals surface area contributed by atoms with E-state index in [1.807, 2.05) is 35.9 Å². The molecule has 2 aromatic rings. The third-order valence-electron chi connectivity index (χ3n) is 5.20. The number of β-amino-alcohol motifs (C(OH)–C–C–N with tert-alkyl or cyclic N) is 1. The van der Waals surface area contributed by atoms with Gasteiger partial charge in [-0.15, -0.1) is 5.10 Å². The highest BCUT2D eigenvalue weighted by molar-refractivity contribution is 5.51. The first-order valence-electron chi connectivity index (χ1n) is 9.62. The zero-order chi connectivity index (χ0) is 18.8. The quantitative estimate of drug-likeness (QED) is 0.682. The molecule has 2 aliphatic rings. The van der Waals surface area contributed by atoms with Crippen molar-refractivity contribution < 1.29 is 5.11 Å². The van der Waals surface area contributed by atoms with Crippen LogP contribution in [0, 0.1) is 5.92 Å². The van der Waals surface area contributed by atoms with Gasteiger partial charge in [0.2, 0.25) is 0 Å². The van der Waals surface area contributed by atoms with Crippen LogP contribution in [0.3, 0.4) is 0 Å². The van der Waals surface area contributed by atoms with Crippen LogP contribution in [0.4, 0.5) is 11.6 Å². The third kappa shape index (κ3) is 4.54. The number of hydrogen-bond acceptors (Lipinski definition) is 8. The summed E-state index contributed by atoms with van der Waals surface area (Å²) in [6, 6.07) is 2.15. The molecule has 1 aliphatic heterocycles. The summed E-state index contributed by atoms with van der Waals surface area (Å²) in [4.78, 5) is 12.8. The molecule has 1 saturated carbocycles. The molecule has 1 aliphatic carbocycles. The number of aliphatic hydroxyl groups excluding tert-OH is 1. The molecular weight excluding hydrogens is 344 g/mol. The lowest BCUT2D eigenvalue weighted by Crippen LogP contribution is -2.38. The fraction of sp³-hybridized carbons (Fsp3) is 0.667. The average Bonchev–Trinajstić information content (AvgIpc) is 3.22. The molecule has 9 nitrogen and oxygen atoms in total. The van der Waals surface area contributed by atoms with Gasteiger partial charge in [0.25, 0.3) is 0 Å². The summed E-state index contributed by atoms with van der Waals surface area (Å²) in [7, 11) is 3.92. The summed E-state index contributed by atoms with van der Waals surface area (Å²) in [6.45, 7) is 3.01. The number of rotatable bonds is 8. The van der Waals surface area contributed by atoms with Crippen molar-refractivity contribution in [3.63, 3.8) is 0 Å². The molecule has 0 radical (unpaired) electrons. The highest BCUT2D eigenvalue weighted by Crippen LogP contribution is 2.30. The van der Waals surface area contributed by atoms with E-state index in [4.69, 9.17) is 0 Å². The molecule has 2 N–H and O–H groups in total. The fourth-order valence-corrected chi connectivity index (χ4v) is 3.55. The van der Waals surface area contributed by atoms with Crippen LogP contribution in [0.15, 0.2) is 18.6 Å². The Kier molecular flexibility index (Phi) is 5.22. The number of nitrogens with one attached hydrogen (secondary N) is 1. The fourth-order valence-electron chi connectivity index (χ4n) is 3.55. The van der Waals surface area contributed by atoms with Gasteiger partial charge >= 0.3 is 0 Å². The van der Waals surface area contributed by atoms with E-state index in [1.165, 1.54) is 12.8 Å². The van der Waals surface area contributed by atoms with Crippen LogP contribution >= 0.6 is 0 Å². The summed E-state index contributed by atoms with van der Waals surface area (Å²) in [5.74, 6) is 2.51. The normalized spacial score (nSPS) is 22.4. The predicted octanol–water partition coefficient (Wildman–Crippen LogP) is 0.274. The lowest BCUT2D eigenvalue weighted by Gasteiger charge is -2.26. The average molecular weight is 372 g/mol. The molecule has 2 aromatic heterocycles. The Balaban J connectivity index is 1.34. The molecule has 2 fully saturated rings. The van der Waals surface area contributed by atoms with Crippen LogP contribution < -0.4 is 15.1 Å². The standard InChI is InChI=1S/C18H28N8O/c1-24(2)17-6-18(21-12-20-17)26-11-16(27)5-15(26)8-19-7-14-10-25(23-22-14)9-13-3-4-13/h6,10,12-13,15-16,19,27H,3-5,7-9,11H2,1-2H3/t15-,16-/m1/s1. The molecule has 3 heterocycles. The van der Waals surface area contributed by atoms with Gasteiger partial charge in [-0.25, -0.2) is 9.97 Å². The highest BCUT2D eigenvalue weighted by atomic mass is 16.3. The Hall–Kier alpha value is -2.26. The van der Waals surface area contributed by atoms with Gasteiger partial charge in [-0.3, -0.25) is 4.68 Å². The number of hydrogen-bond donors (Lipinski definition) is 2. The van der Waals surface area contributed by atoms with Crippen molar-refractivity contribution in [1.82, 2.24) is 30.3 Å². The van der Waals surface area contributed by atoms with E-state index in [0.29, 0.717) is 13.1 Å². The van der Waals surface area contributed by atoms with Gasteiger partial charge in [-0.1, -0.05) is 5.21 Å². The molecular formula is C18H28N8O. The molecule has 4 rings (SSSR count). The maximum atomic E-state index is 10.2. The van der Waals surface area contributed by atoms with Crippen LogP contribution in [-0.2, 0) is 13.1 Å². The third-order valence-corrected chi connectivity index (χ3v) is 5.20. The van der Waals surface area contributed by atoms with Gasteiger partial charge in [0, 0.05) is 58.6 Å². The minimum Gasteiger partial charge on any atom is -0.391 e. The van der Waals surface area contributed by atoms with E-state index < -0.39 is 0 Å². The second-order valence-electron chi connectivity index (χ2n) is 7.83. The summed E-state index contributed by atoms with van der Waals surface area (Å²) in [5.41, 5.74) is 0.956. The predicted molar refractivity (Wildman–Crippen MR) is 103 cm³/mol. The largest absolute Gasteiger partial charge is 0.391 e. The Bertz CT molecular complexity index is 759. The molecule has 0 aromatic carbocycles. The van der Waals surface area contributed by atoms with Crippen LogP contribution in [0.5, 0.6) is 0 Å². The summed E-state index contributed by atoms with van der Waals surface area (Å²) in [6.07, 6.45) is 6.62. The molecule has 0 spiro atoms. The number of nitrogens with zero attached hydrogens (tertiary/aromatic N) is 7. The highest BCUT2D eigenvalue weighted by Gasteiger charge is 2.32. The Morgan fingerprint density at radius 1 is 1.30 bits per heavy atom. The lowest BCUT2D eigenvalue weighted by molar-refractivity contribution is 0.194. The van der Waals surface area contributed by atoms with Gasteiger partial charge in [0.05, 0.1) is 11.8 Å². The van der Waals surface area contributed by atoms with Gasteiger partial charge in [0.15, 0.2) is 0 Å². The van der Waals surface area contributed by atoms with Crippen molar-refractivity contribution in [1.29, 1.82) is 0 Å². The van der Waals surface area contributed by atoms with Gasteiger partial charge in [-0.05, 0) is 25.2 Å². The van der Waals surface area contributed by atoms with Crippen molar-refractivity contribution in [2.24, 2.45) is 5.92 Å². The molecule has 0 bridgehead atoms. The first-order valence-corrected chi connectivity index (χ1v) is 9.62. The Morgan fingerprint density at radius 3 is 2.93 bits per heavy atom. The van der Waals surface area contributed by atoms with Crippen molar-refractivity contribution in [2.45, 2.75) is 44.5 Å². The van der Waals surface area contributed by atoms with E-state index in [-0.39, 0.29) is 12.1 Å². The summed E-state index contributed by atoms with van der Waals surface area (Å²) >= 11 is 0. The van der Waals surface area contributed by atoms with Gasteiger partial charge in [0.1, 0.15) is 18.0 Å². The van der Waals surface area contributed by atoms with E-state index in [0.717, 1.165) is 42.8 Å². The molecule has 27 heavy (non-hydrogen) atoms. The topological polar surface area (TPSA) is 95.2 Å². The number of anilines is 2. The molecule has 146 valence electrons. The van der Waals surface area contributed by atoms with Crippen LogP contribution in [-0.4, -0.2) is 69.4 Å². The van der Waals surface area contributed by atoms with E-state index in [9.17, 15) is 5.11 Å². The van der Waals surface area contributed by atoms with Gasteiger partial charge < -0.3 is 20.2 Å².